The van der Waals surface area contributed by atoms with Gasteiger partial charge in [0.2, 0.25) is 5.95 Å². The number of fused-ring (bicyclic) bond motifs is 1. The third-order valence-electron chi connectivity index (χ3n) is 9.97. The van der Waals surface area contributed by atoms with Gasteiger partial charge < -0.3 is 29.3 Å². The van der Waals surface area contributed by atoms with Crippen LogP contribution in [0.25, 0.3) is 11.0 Å². The first kappa shape index (κ1) is 34.9. The molecule has 1 saturated carbocycles. The number of piperazine rings is 2. The third kappa shape index (κ3) is 8.83. The number of hydrogen-bond acceptors (Lipinski definition) is 9. The predicted octanol–water partition coefficient (Wildman–Crippen LogP) is 5.45. The number of benzene rings is 1. The molecule has 0 spiro atoms. The van der Waals surface area contributed by atoms with Crippen molar-refractivity contribution in [3.8, 4) is 0 Å². The maximum absolute atomic E-state index is 13.0. The zero-order chi connectivity index (χ0) is 34.5. The lowest BCUT2D eigenvalue weighted by Crippen LogP contribution is -2.50. The van der Waals surface area contributed by atoms with Gasteiger partial charge in [-0.3, -0.25) is 14.6 Å². The Morgan fingerprint density at radius 2 is 1.51 bits per heavy atom. The Hall–Kier alpha value is -3.90. The van der Waals surface area contributed by atoms with Crippen LogP contribution in [0.1, 0.15) is 75.8 Å². The summed E-state index contributed by atoms with van der Waals surface area (Å²) in [4.78, 5) is 45.8. The molecule has 2 aliphatic heterocycles. The van der Waals surface area contributed by atoms with Crippen LogP contribution < -0.4 is 10.2 Å². The second kappa shape index (κ2) is 15.3. The largest absolute Gasteiger partial charge is 0.444 e. The molecule has 12 nitrogen and oxygen atoms in total. The number of nitrogens with one attached hydrogen (secondary N) is 1. The summed E-state index contributed by atoms with van der Waals surface area (Å²) in [5.74, 6) is 0.539. The molecule has 1 N–H and O–H groups in total. The van der Waals surface area contributed by atoms with Gasteiger partial charge in [-0.1, -0.05) is 12.8 Å². The van der Waals surface area contributed by atoms with E-state index >= 15 is 0 Å². The normalized spacial score (nSPS) is 18.3. The van der Waals surface area contributed by atoms with Gasteiger partial charge >= 0.3 is 6.09 Å². The molecular formula is C37H55N9O3. The molecule has 4 heterocycles. The highest BCUT2D eigenvalue weighted by Gasteiger charge is 2.28. The van der Waals surface area contributed by atoms with Crippen molar-refractivity contribution >= 4 is 40.4 Å². The Morgan fingerprint density at radius 1 is 0.898 bits per heavy atom. The Morgan fingerprint density at radius 3 is 2.10 bits per heavy atom. The van der Waals surface area contributed by atoms with Crippen LogP contribution in [0.2, 0.25) is 0 Å². The van der Waals surface area contributed by atoms with Crippen LogP contribution in [-0.4, -0.2) is 131 Å². The fourth-order valence-corrected chi connectivity index (χ4v) is 7.26. The minimum atomic E-state index is -0.445. The number of ether oxygens (including phenoxy) is 1. The number of unbranched alkanes of at least 4 members (excludes halogenated alkanes) is 1. The van der Waals surface area contributed by atoms with Crippen LogP contribution >= 0.6 is 0 Å². The maximum Gasteiger partial charge on any atom is 0.410 e. The van der Waals surface area contributed by atoms with Crippen LogP contribution in [0.5, 0.6) is 0 Å². The van der Waals surface area contributed by atoms with Crippen molar-refractivity contribution in [2.75, 3.05) is 89.8 Å². The SMILES string of the molecule is CN(C)C(=O)c1cc2cnc(Nc3ccc(N4CCN(CCCCN5CCN(C(=O)OC(C)(C)C)CC5)CC4)cc3)nc2n1C1CCCC1. The monoisotopic (exact) mass is 673 g/mol. The van der Waals surface area contributed by atoms with E-state index in [4.69, 9.17) is 9.72 Å². The zero-order valence-corrected chi connectivity index (χ0v) is 30.2. The van der Waals surface area contributed by atoms with E-state index in [0.29, 0.717) is 17.7 Å². The van der Waals surface area contributed by atoms with Crippen LogP contribution in [0.3, 0.4) is 0 Å². The molecule has 0 unspecified atom stereocenters. The molecule has 2 saturated heterocycles. The number of nitrogens with zero attached hydrogens (tertiary/aromatic N) is 8. The van der Waals surface area contributed by atoms with Crippen molar-refractivity contribution in [2.45, 2.75) is 70.9 Å². The summed E-state index contributed by atoms with van der Waals surface area (Å²) in [5, 5.41) is 4.29. The Bertz CT molecular complexity index is 1560. The summed E-state index contributed by atoms with van der Waals surface area (Å²) in [6.45, 7) is 15.5. The van der Waals surface area contributed by atoms with Gasteiger partial charge in [0, 0.05) is 95.5 Å². The number of hydrogen-bond donors (Lipinski definition) is 1. The van der Waals surface area contributed by atoms with Gasteiger partial charge in [-0.05, 0) is 89.9 Å². The Balaban J connectivity index is 0.944. The number of aromatic nitrogens is 3. The minimum absolute atomic E-state index is 0.000490. The first-order valence-corrected chi connectivity index (χ1v) is 18.2. The van der Waals surface area contributed by atoms with Crippen LogP contribution in [0, 0.1) is 0 Å². The lowest BCUT2D eigenvalue weighted by Gasteiger charge is -2.37. The van der Waals surface area contributed by atoms with Gasteiger partial charge in [-0.15, -0.1) is 0 Å². The van der Waals surface area contributed by atoms with E-state index in [-0.39, 0.29) is 12.0 Å². The number of carbonyl (C=O) groups is 2. The molecule has 1 aliphatic carbocycles. The number of carbonyl (C=O) groups excluding carboxylic acids is 2. The standard InChI is InChI=1S/C37H55N9O3/c1-37(2,3)49-36(48)45-24-20-43(21-25-45)17-9-8-16-42-18-22-44(23-19-42)30-14-12-29(13-15-30)39-35-38-27-28-26-32(34(47)41(4)5)46(33(28)40-35)31-10-6-7-11-31/h12-15,26-27,31H,6-11,16-25H2,1-5H3,(H,38,39,40). The average molecular weight is 674 g/mol. The molecule has 49 heavy (non-hydrogen) atoms. The second-order valence-corrected chi connectivity index (χ2v) is 15.0. The van der Waals surface area contributed by atoms with Crippen molar-refractivity contribution in [1.29, 1.82) is 0 Å². The summed E-state index contributed by atoms with van der Waals surface area (Å²) in [6, 6.07) is 10.8. The summed E-state index contributed by atoms with van der Waals surface area (Å²) >= 11 is 0. The molecule has 0 radical (unpaired) electrons. The van der Waals surface area contributed by atoms with Gasteiger partial charge in [-0.2, -0.15) is 4.98 Å². The van der Waals surface area contributed by atoms with Gasteiger partial charge in [0.25, 0.3) is 5.91 Å². The highest BCUT2D eigenvalue weighted by atomic mass is 16.6. The van der Waals surface area contributed by atoms with E-state index in [0.717, 1.165) is 95.0 Å². The third-order valence-corrected chi connectivity index (χ3v) is 9.97. The summed E-state index contributed by atoms with van der Waals surface area (Å²) < 4.78 is 7.67. The van der Waals surface area contributed by atoms with Crippen molar-refractivity contribution in [1.82, 2.24) is 34.1 Å². The van der Waals surface area contributed by atoms with E-state index in [1.54, 1.807) is 19.0 Å². The fourth-order valence-electron chi connectivity index (χ4n) is 7.26. The highest BCUT2D eigenvalue weighted by Crippen LogP contribution is 2.35. The Labute approximate surface area is 291 Å². The lowest BCUT2D eigenvalue weighted by atomic mass is 10.2. The van der Waals surface area contributed by atoms with Gasteiger partial charge in [0.15, 0.2) is 0 Å². The molecular weight excluding hydrogens is 618 g/mol. The first-order valence-electron chi connectivity index (χ1n) is 18.2. The van der Waals surface area contributed by atoms with Crippen molar-refractivity contribution in [2.24, 2.45) is 0 Å². The molecule has 3 fully saturated rings. The van der Waals surface area contributed by atoms with Crippen LogP contribution in [0.15, 0.2) is 36.5 Å². The molecule has 2 aromatic heterocycles. The predicted molar refractivity (Wildman–Crippen MR) is 195 cm³/mol. The fraction of sp³-hybridized carbons (Fsp3) is 0.622. The lowest BCUT2D eigenvalue weighted by molar-refractivity contribution is 0.0143. The topological polar surface area (TPSA) is 102 Å². The zero-order valence-electron chi connectivity index (χ0n) is 30.2. The van der Waals surface area contributed by atoms with Gasteiger partial charge in [0.1, 0.15) is 16.9 Å². The molecule has 3 aliphatic rings. The Kier molecular flexibility index (Phi) is 10.9. The molecule has 0 bridgehead atoms. The van der Waals surface area contributed by atoms with E-state index in [2.05, 4.69) is 53.8 Å². The molecule has 12 heteroatoms. The number of anilines is 3. The van der Waals surface area contributed by atoms with Gasteiger partial charge in [0.05, 0.1) is 0 Å². The summed E-state index contributed by atoms with van der Waals surface area (Å²) in [5.41, 5.74) is 3.24. The summed E-state index contributed by atoms with van der Waals surface area (Å²) in [7, 11) is 3.59. The van der Waals surface area contributed by atoms with E-state index < -0.39 is 5.60 Å². The molecule has 266 valence electrons. The van der Waals surface area contributed by atoms with Crippen molar-refractivity contribution < 1.29 is 14.3 Å². The highest BCUT2D eigenvalue weighted by molar-refractivity contribution is 5.98. The van der Waals surface area contributed by atoms with Crippen molar-refractivity contribution in [3.05, 3.63) is 42.2 Å². The van der Waals surface area contributed by atoms with Crippen molar-refractivity contribution in [3.63, 3.8) is 0 Å². The first-order chi connectivity index (χ1) is 23.5. The number of rotatable bonds is 10. The quantitative estimate of drug-likeness (QED) is 0.282. The second-order valence-electron chi connectivity index (χ2n) is 15.0. The molecule has 1 aromatic carbocycles. The smallest absolute Gasteiger partial charge is 0.410 e. The molecule has 3 aromatic rings. The van der Waals surface area contributed by atoms with Crippen LogP contribution in [0.4, 0.5) is 22.1 Å². The number of amides is 2. The maximum atomic E-state index is 13.0. The van der Waals surface area contributed by atoms with Crippen LogP contribution in [-0.2, 0) is 4.74 Å². The van der Waals surface area contributed by atoms with Gasteiger partial charge in [-0.25, -0.2) is 9.78 Å². The molecule has 6 rings (SSSR count). The minimum Gasteiger partial charge on any atom is -0.444 e. The molecule has 0 atom stereocenters. The van der Waals surface area contributed by atoms with E-state index in [1.807, 2.05) is 37.9 Å². The average Bonchev–Trinajstić information content (AvgIpc) is 3.74. The summed E-state index contributed by atoms with van der Waals surface area (Å²) in [6.07, 6.45) is 8.49. The van der Waals surface area contributed by atoms with E-state index in [1.165, 1.54) is 31.4 Å². The van der Waals surface area contributed by atoms with E-state index in [9.17, 15) is 9.59 Å². The molecule has 2 amide bonds.